The second kappa shape index (κ2) is 5.96. The van der Waals surface area contributed by atoms with Crippen molar-refractivity contribution in [3.63, 3.8) is 0 Å². The number of nitrogens with one attached hydrogen (secondary N) is 2. The van der Waals surface area contributed by atoms with Crippen molar-refractivity contribution in [2.45, 2.75) is 13.3 Å². The highest BCUT2D eigenvalue weighted by Gasteiger charge is 2.34. The Morgan fingerprint density at radius 2 is 1.75 bits per heavy atom. The molecule has 0 saturated carbocycles. The van der Waals surface area contributed by atoms with Gasteiger partial charge in [0, 0.05) is 46.9 Å². The summed E-state index contributed by atoms with van der Waals surface area (Å²) in [6.45, 7) is 2.11. The third-order valence-electron chi connectivity index (χ3n) is 5.52. The zero-order valence-electron chi connectivity index (χ0n) is 15.7. The molecule has 0 bridgehead atoms. The molecule has 5 heteroatoms. The van der Waals surface area contributed by atoms with Crippen molar-refractivity contribution >= 4 is 44.8 Å². The van der Waals surface area contributed by atoms with Crippen LogP contribution in [0.4, 0.5) is 0 Å². The molecule has 2 N–H and O–H groups in total. The van der Waals surface area contributed by atoms with E-state index in [0.29, 0.717) is 11.1 Å². The first-order valence-electron chi connectivity index (χ1n) is 9.33. The number of fused-ring (bicyclic) bond motifs is 2. The van der Waals surface area contributed by atoms with Gasteiger partial charge in [-0.3, -0.25) is 14.9 Å². The standard InChI is InChI=1S/C23H19N3O2/c1-3-13-7-8-15-17(12-24-18(15)11-13)20-19(22(27)25-23(20)28)16-6-4-5-14-9-10-26(2)21(14)16/h4-12,24H,3H2,1-2H3,(H,25,27,28). The molecule has 28 heavy (non-hydrogen) atoms. The van der Waals surface area contributed by atoms with Crippen LogP contribution in [-0.4, -0.2) is 21.4 Å². The Bertz CT molecular complexity index is 1320. The van der Waals surface area contributed by atoms with Gasteiger partial charge in [0.25, 0.3) is 11.8 Å². The lowest BCUT2D eigenvalue weighted by molar-refractivity contribution is -0.122. The highest BCUT2D eigenvalue weighted by atomic mass is 16.2. The fourth-order valence-electron chi connectivity index (χ4n) is 4.13. The van der Waals surface area contributed by atoms with E-state index in [0.717, 1.165) is 39.4 Å². The average Bonchev–Trinajstić information content (AvgIpc) is 3.36. The molecule has 5 rings (SSSR count). The molecule has 4 aromatic rings. The Labute approximate surface area is 161 Å². The van der Waals surface area contributed by atoms with E-state index in [1.54, 1.807) is 0 Å². The number of imide groups is 1. The minimum atomic E-state index is -0.355. The Balaban J connectivity index is 1.83. The van der Waals surface area contributed by atoms with Gasteiger partial charge in [-0.15, -0.1) is 0 Å². The molecule has 1 aliphatic heterocycles. The predicted octanol–water partition coefficient (Wildman–Crippen LogP) is 3.79. The summed E-state index contributed by atoms with van der Waals surface area (Å²) in [7, 11) is 1.94. The van der Waals surface area contributed by atoms with E-state index >= 15 is 0 Å². The van der Waals surface area contributed by atoms with Gasteiger partial charge in [-0.1, -0.05) is 37.3 Å². The number of amides is 2. The molecule has 3 heterocycles. The third-order valence-corrected chi connectivity index (χ3v) is 5.52. The maximum Gasteiger partial charge on any atom is 0.259 e. The molecule has 0 aliphatic carbocycles. The number of H-pyrrole nitrogens is 1. The topological polar surface area (TPSA) is 66.9 Å². The molecule has 0 unspecified atom stereocenters. The van der Waals surface area contributed by atoms with E-state index in [1.165, 1.54) is 5.56 Å². The van der Waals surface area contributed by atoms with Crippen LogP contribution >= 0.6 is 0 Å². The summed E-state index contributed by atoms with van der Waals surface area (Å²) in [5.41, 5.74) is 5.49. The summed E-state index contributed by atoms with van der Waals surface area (Å²) in [6.07, 6.45) is 4.72. The number of aromatic amines is 1. The van der Waals surface area contributed by atoms with E-state index in [1.807, 2.05) is 54.3 Å². The number of rotatable bonds is 3. The molecule has 0 saturated heterocycles. The van der Waals surface area contributed by atoms with E-state index in [2.05, 4.69) is 29.4 Å². The maximum atomic E-state index is 12.8. The number of carbonyl (C=O) groups excluding carboxylic acids is 2. The third kappa shape index (κ3) is 2.26. The van der Waals surface area contributed by atoms with Crippen LogP contribution in [0.3, 0.4) is 0 Å². The summed E-state index contributed by atoms with van der Waals surface area (Å²) in [5, 5.41) is 4.46. The molecule has 2 aromatic carbocycles. The minimum absolute atomic E-state index is 0.353. The van der Waals surface area contributed by atoms with Crippen molar-refractivity contribution in [3.8, 4) is 0 Å². The van der Waals surface area contributed by atoms with Crippen molar-refractivity contribution in [2.75, 3.05) is 0 Å². The van der Waals surface area contributed by atoms with Gasteiger partial charge in [0.05, 0.1) is 16.7 Å². The monoisotopic (exact) mass is 369 g/mol. The molecule has 0 atom stereocenters. The van der Waals surface area contributed by atoms with Crippen molar-refractivity contribution in [2.24, 2.45) is 7.05 Å². The van der Waals surface area contributed by atoms with Crippen LogP contribution in [0.25, 0.3) is 33.0 Å². The molecular formula is C23H19N3O2. The molecule has 2 amide bonds. The SMILES string of the molecule is CCc1ccc2c(C3=C(c4cccc5ccn(C)c45)C(=O)NC3=O)c[nH]c2c1. The maximum absolute atomic E-state index is 12.8. The predicted molar refractivity (Wildman–Crippen MR) is 111 cm³/mol. The second-order valence-corrected chi connectivity index (χ2v) is 7.14. The Morgan fingerprint density at radius 3 is 2.54 bits per heavy atom. The lowest BCUT2D eigenvalue weighted by Crippen LogP contribution is -2.22. The first kappa shape index (κ1) is 16.6. The molecular weight excluding hydrogens is 350 g/mol. The number of aryl methyl sites for hydroxylation is 2. The van der Waals surface area contributed by atoms with Gasteiger partial charge in [-0.2, -0.15) is 0 Å². The minimum Gasteiger partial charge on any atom is -0.361 e. The Kier molecular flexibility index (Phi) is 3.52. The van der Waals surface area contributed by atoms with E-state index in [-0.39, 0.29) is 11.8 Å². The Morgan fingerprint density at radius 1 is 0.964 bits per heavy atom. The van der Waals surface area contributed by atoms with Gasteiger partial charge in [0.2, 0.25) is 0 Å². The first-order valence-corrected chi connectivity index (χ1v) is 9.33. The number of benzene rings is 2. The fourth-order valence-corrected chi connectivity index (χ4v) is 4.13. The zero-order chi connectivity index (χ0) is 19.4. The first-order chi connectivity index (χ1) is 13.6. The van der Waals surface area contributed by atoms with Crippen molar-refractivity contribution in [1.29, 1.82) is 0 Å². The number of nitrogens with zero attached hydrogens (tertiary/aromatic N) is 1. The number of hydrogen-bond donors (Lipinski definition) is 2. The average molecular weight is 369 g/mol. The summed E-state index contributed by atoms with van der Waals surface area (Å²) in [5.74, 6) is -0.708. The van der Waals surface area contributed by atoms with Gasteiger partial charge in [-0.05, 0) is 24.1 Å². The van der Waals surface area contributed by atoms with E-state index in [9.17, 15) is 9.59 Å². The van der Waals surface area contributed by atoms with Crippen LogP contribution < -0.4 is 5.32 Å². The molecule has 5 nitrogen and oxygen atoms in total. The number of hydrogen-bond acceptors (Lipinski definition) is 2. The van der Waals surface area contributed by atoms with Crippen LogP contribution in [0, 0.1) is 0 Å². The number of aromatic nitrogens is 2. The van der Waals surface area contributed by atoms with Gasteiger partial charge >= 0.3 is 0 Å². The van der Waals surface area contributed by atoms with Gasteiger partial charge < -0.3 is 9.55 Å². The van der Waals surface area contributed by atoms with E-state index < -0.39 is 0 Å². The largest absolute Gasteiger partial charge is 0.361 e. The van der Waals surface area contributed by atoms with Crippen LogP contribution in [0.2, 0.25) is 0 Å². The quantitative estimate of drug-likeness (QED) is 0.540. The van der Waals surface area contributed by atoms with Gasteiger partial charge in [0.15, 0.2) is 0 Å². The van der Waals surface area contributed by atoms with Crippen molar-refractivity contribution in [3.05, 3.63) is 71.5 Å². The second-order valence-electron chi connectivity index (χ2n) is 7.14. The molecule has 0 radical (unpaired) electrons. The van der Waals surface area contributed by atoms with Crippen LogP contribution in [0.5, 0.6) is 0 Å². The van der Waals surface area contributed by atoms with Crippen LogP contribution in [0.15, 0.2) is 54.9 Å². The lowest BCUT2D eigenvalue weighted by Gasteiger charge is -2.08. The Hall–Kier alpha value is -3.60. The highest BCUT2D eigenvalue weighted by molar-refractivity contribution is 6.50. The molecule has 138 valence electrons. The van der Waals surface area contributed by atoms with Crippen LogP contribution in [0.1, 0.15) is 23.6 Å². The highest BCUT2D eigenvalue weighted by Crippen LogP contribution is 2.37. The number of para-hydroxylation sites is 1. The summed E-state index contributed by atoms with van der Waals surface area (Å²) in [4.78, 5) is 28.8. The molecule has 0 fully saturated rings. The summed E-state index contributed by atoms with van der Waals surface area (Å²) < 4.78 is 1.98. The van der Waals surface area contributed by atoms with Crippen molar-refractivity contribution < 1.29 is 9.59 Å². The summed E-state index contributed by atoms with van der Waals surface area (Å²) in [6, 6.07) is 14.0. The fraction of sp³-hybridized carbons (Fsp3) is 0.130. The molecule has 2 aromatic heterocycles. The number of carbonyl (C=O) groups is 2. The van der Waals surface area contributed by atoms with Gasteiger partial charge in [0.1, 0.15) is 0 Å². The lowest BCUT2D eigenvalue weighted by atomic mass is 9.94. The van der Waals surface area contributed by atoms with Crippen LogP contribution in [-0.2, 0) is 23.1 Å². The van der Waals surface area contributed by atoms with E-state index in [4.69, 9.17) is 0 Å². The molecule has 0 spiro atoms. The summed E-state index contributed by atoms with van der Waals surface area (Å²) >= 11 is 0. The van der Waals surface area contributed by atoms with Gasteiger partial charge in [-0.25, -0.2) is 0 Å². The van der Waals surface area contributed by atoms with Crippen molar-refractivity contribution in [1.82, 2.24) is 14.9 Å². The normalized spacial score (nSPS) is 14.5. The smallest absolute Gasteiger partial charge is 0.259 e. The molecule has 1 aliphatic rings. The zero-order valence-corrected chi connectivity index (χ0v) is 15.7.